The lowest BCUT2D eigenvalue weighted by Gasteiger charge is -2.32. The van der Waals surface area contributed by atoms with Gasteiger partial charge in [0.25, 0.3) is 0 Å². The van der Waals surface area contributed by atoms with Crippen molar-refractivity contribution in [3.05, 3.63) is 23.8 Å². The van der Waals surface area contributed by atoms with Crippen LogP contribution in [0.1, 0.15) is 50.5 Å². The molecule has 1 amide bonds. The van der Waals surface area contributed by atoms with Gasteiger partial charge in [-0.05, 0) is 50.3 Å². The number of rotatable bonds is 5. The first kappa shape index (κ1) is 23.2. The zero-order chi connectivity index (χ0) is 21.9. The molecule has 2 fully saturated rings. The van der Waals surface area contributed by atoms with Crippen LogP contribution in [0.3, 0.4) is 0 Å². The molecule has 2 saturated heterocycles. The third-order valence-electron chi connectivity index (χ3n) is 5.82. The van der Waals surface area contributed by atoms with Crippen molar-refractivity contribution in [2.45, 2.75) is 62.8 Å². The van der Waals surface area contributed by atoms with Gasteiger partial charge in [0.05, 0.1) is 11.2 Å². The molecule has 8 nitrogen and oxygen atoms in total. The first-order valence-corrected chi connectivity index (χ1v) is 13.8. The smallest absolute Gasteiger partial charge is 0.243 e. The van der Waals surface area contributed by atoms with E-state index in [1.54, 1.807) is 19.1 Å². The molecule has 30 heavy (non-hydrogen) atoms. The maximum Gasteiger partial charge on any atom is 0.243 e. The second-order valence-electron chi connectivity index (χ2n) is 8.17. The number of anilines is 1. The van der Waals surface area contributed by atoms with Crippen LogP contribution >= 0.6 is 0 Å². The molecule has 1 aromatic carbocycles. The Hall–Kier alpha value is -1.49. The van der Waals surface area contributed by atoms with Crippen molar-refractivity contribution in [2.24, 2.45) is 0 Å². The van der Waals surface area contributed by atoms with Crippen LogP contribution in [0.2, 0.25) is 0 Å². The Morgan fingerprint density at radius 1 is 0.967 bits per heavy atom. The van der Waals surface area contributed by atoms with Crippen LogP contribution < -0.4 is 5.32 Å². The van der Waals surface area contributed by atoms with Gasteiger partial charge in [-0.25, -0.2) is 16.8 Å². The maximum absolute atomic E-state index is 13.2. The summed E-state index contributed by atoms with van der Waals surface area (Å²) in [6, 6.07) is 4.04. The minimum absolute atomic E-state index is 0.186. The standard InChI is InChI=1S/C20H31N3O5S2/c1-16-10-11-17(15-19(16)30(27,28)22-12-6-3-4-7-13-22)21-20(24)18-9-5-8-14-23(18)29(2,25)26/h10-11,15,18H,3-9,12-14H2,1-2H3,(H,21,24). The summed E-state index contributed by atoms with van der Waals surface area (Å²) in [6.07, 6.45) is 6.79. The van der Waals surface area contributed by atoms with Crippen LogP contribution in [0, 0.1) is 6.92 Å². The average molecular weight is 458 g/mol. The fourth-order valence-corrected chi connectivity index (χ4v) is 7.06. The molecular weight excluding hydrogens is 426 g/mol. The summed E-state index contributed by atoms with van der Waals surface area (Å²) in [6.45, 7) is 3.07. The van der Waals surface area contributed by atoms with Gasteiger partial charge in [0, 0.05) is 25.3 Å². The molecule has 168 valence electrons. The number of hydrogen-bond acceptors (Lipinski definition) is 5. The molecule has 2 aliphatic rings. The Labute approximate surface area is 179 Å². The fraction of sp³-hybridized carbons (Fsp3) is 0.650. The van der Waals surface area contributed by atoms with Gasteiger partial charge < -0.3 is 5.32 Å². The Morgan fingerprint density at radius 3 is 2.23 bits per heavy atom. The van der Waals surface area contributed by atoms with Crippen molar-refractivity contribution < 1.29 is 21.6 Å². The second kappa shape index (κ2) is 9.33. The van der Waals surface area contributed by atoms with E-state index in [0.29, 0.717) is 37.3 Å². The predicted octanol–water partition coefficient (Wildman–Crippen LogP) is 2.31. The number of carbonyl (C=O) groups excluding carboxylic acids is 1. The van der Waals surface area contributed by atoms with Crippen molar-refractivity contribution in [2.75, 3.05) is 31.2 Å². The van der Waals surface area contributed by atoms with Gasteiger partial charge in [0.2, 0.25) is 26.0 Å². The van der Waals surface area contributed by atoms with Crippen LogP contribution in [0.25, 0.3) is 0 Å². The third-order valence-corrected chi connectivity index (χ3v) is 9.15. The molecule has 1 aromatic rings. The summed E-state index contributed by atoms with van der Waals surface area (Å²) >= 11 is 0. The summed E-state index contributed by atoms with van der Waals surface area (Å²) in [5.41, 5.74) is 0.977. The van der Waals surface area contributed by atoms with Crippen molar-refractivity contribution in [1.29, 1.82) is 0 Å². The van der Waals surface area contributed by atoms with E-state index in [2.05, 4.69) is 5.32 Å². The Morgan fingerprint density at radius 2 is 1.60 bits per heavy atom. The van der Waals surface area contributed by atoms with Gasteiger partial charge in [-0.1, -0.05) is 25.3 Å². The normalized spacial score (nSPS) is 22.4. The van der Waals surface area contributed by atoms with Gasteiger partial charge in [0.1, 0.15) is 6.04 Å². The third kappa shape index (κ3) is 5.22. The molecular formula is C20H31N3O5S2. The molecule has 1 atom stereocenters. The van der Waals surface area contributed by atoms with E-state index in [0.717, 1.165) is 44.8 Å². The number of benzene rings is 1. The SMILES string of the molecule is Cc1ccc(NC(=O)C2CCCCN2S(C)(=O)=O)cc1S(=O)(=O)N1CCCCCC1. The molecule has 0 aliphatic carbocycles. The van der Waals surface area contributed by atoms with E-state index in [9.17, 15) is 21.6 Å². The molecule has 1 N–H and O–H groups in total. The Kier molecular flexibility index (Phi) is 7.21. The minimum Gasteiger partial charge on any atom is -0.325 e. The Balaban J connectivity index is 1.83. The van der Waals surface area contributed by atoms with Crippen LogP contribution in [0.5, 0.6) is 0 Å². The van der Waals surface area contributed by atoms with E-state index in [4.69, 9.17) is 0 Å². The highest BCUT2D eigenvalue weighted by Crippen LogP contribution is 2.27. The molecule has 0 spiro atoms. The fourth-order valence-electron chi connectivity index (χ4n) is 4.17. The number of amides is 1. The number of piperidine rings is 1. The highest BCUT2D eigenvalue weighted by atomic mass is 32.2. The molecule has 0 radical (unpaired) electrons. The van der Waals surface area contributed by atoms with Gasteiger partial charge in [-0.15, -0.1) is 0 Å². The lowest BCUT2D eigenvalue weighted by molar-refractivity contribution is -0.120. The minimum atomic E-state index is -3.66. The second-order valence-corrected chi connectivity index (χ2v) is 12.0. The zero-order valence-corrected chi connectivity index (χ0v) is 19.3. The largest absolute Gasteiger partial charge is 0.325 e. The van der Waals surface area contributed by atoms with Crippen LogP contribution in [-0.4, -0.2) is 63.3 Å². The number of hydrogen-bond donors (Lipinski definition) is 1. The highest BCUT2D eigenvalue weighted by Gasteiger charge is 2.34. The lowest BCUT2D eigenvalue weighted by Crippen LogP contribution is -2.49. The van der Waals surface area contributed by atoms with E-state index in [-0.39, 0.29) is 4.90 Å². The van der Waals surface area contributed by atoms with Gasteiger partial charge in [-0.3, -0.25) is 4.79 Å². The van der Waals surface area contributed by atoms with Crippen LogP contribution in [0.15, 0.2) is 23.1 Å². The first-order valence-electron chi connectivity index (χ1n) is 10.5. The van der Waals surface area contributed by atoms with Crippen LogP contribution in [-0.2, 0) is 24.8 Å². The van der Waals surface area contributed by atoms with E-state index < -0.39 is 32.0 Å². The van der Waals surface area contributed by atoms with Crippen molar-refractivity contribution >= 4 is 31.6 Å². The monoisotopic (exact) mass is 457 g/mol. The van der Waals surface area contributed by atoms with Gasteiger partial charge in [0.15, 0.2) is 0 Å². The van der Waals surface area contributed by atoms with Crippen molar-refractivity contribution in [3.63, 3.8) is 0 Å². The summed E-state index contributed by atoms with van der Waals surface area (Å²) in [5, 5.41) is 2.74. The van der Waals surface area contributed by atoms with Gasteiger partial charge >= 0.3 is 0 Å². The summed E-state index contributed by atoms with van der Waals surface area (Å²) in [4.78, 5) is 13.0. The average Bonchev–Trinajstić information content (AvgIpc) is 2.99. The first-order chi connectivity index (χ1) is 14.1. The molecule has 3 rings (SSSR count). The number of carbonyl (C=O) groups is 1. The molecule has 1 unspecified atom stereocenters. The predicted molar refractivity (Wildman–Crippen MR) is 116 cm³/mol. The number of nitrogens with one attached hydrogen (secondary N) is 1. The quantitative estimate of drug-likeness (QED) is 0.731. The summed E-state index contributed by atoms with van der Waals surface area (Å²) in [5.74, 6) is -0.429. The number of sulfonamides is 2. The summed E-state index contributed by atoms with van der Waals surface area (Å²) < 4.78 is 53.3. The molecule has 2 heterocycles. The summed E-state index contributed by atoms with van der Waals surface area (Å²) in [7, 11) is -7.16. The highest BCUT2D eigenvalue weighted by molar-refractivity contribution is 7.89. The molecule has 10 heteroatoms. The molecule has 0 bridgehead atoms. The van der Waals surface area contributed by atoms with Crippen molar-refractivity contribution in [3.8, 4) is 0 Å². The number of nitrogens with zero attached hydrogens (tertiary/aromatic N) is 2. The molecule has 0 saturated carbocycles. The molecule has 0 aromatic heterocycles. The molecule has 2 aliphatic heterocycles. The van der Waals surface area contributed by atoms with Crippen molar-refractivity contribution in [1.82, 2.24) is 8.61 Å². The Bertz CT molecular complexity index is 984. The van der Waals surface area contributed by atoms with Crippen LogP contribution in [0.4, 0.5) is 5.69 Å². The van der Waals surface area contributed by atoms with E-state index >= 15 is 0 Å². The maximum atomic E-state index is 13.2. The number of aryl methyl sites for hydroxylation is 1. The lowest BCUT2D eigenvalue weighted by atomic mass is 10.0. The van der Waals surface area contributed by atoms with Gasteiger partial charge in [-0.2, -0.15) is 8.61 Å². The zero-order valence-electron chi connectivity index (χ0n) is 17.6. The topological polar surface area (TPSA) is 104 Å². The van der Waals surface area contributed by atoms with E-state index in [1.807, 2.05) is 0 Å². The van der Waals surface area contributed by atoms with E-state index in [1.165, 1.54) is 14.7 Å².